The second kappa shape index (κ2) is 10.8. The van der Waals surface area contributed by atoms with Crippen LogP contribution in [0.15, 0.2) is 43.0 Å². The van der Waals surface area contributed by atoms with Gasteiger partial charge in [0.15, 0.2) is 0 Å². The molecule has 33 heavy (non-hydrogen) atoms. The van der Waals surface area contributed by atoms with Gasteiger partial charge in [0.1, 0.15) is 0 Å². The zero-order valence-corrected chi connectivity index (χ0v) is 21.6. The molecule has 0 aliphatic carbocycles. The van der Waals surface area contributed by atoms with Crippen LogP contribution in [0.3, 0.4) is 0 Å². The molecule has 1 N–H and O–H groups in total. The number of aryl methyl sites for hydroxylation is 2. The highest BCUT2D eigenvalue weighted by molar-refractivity contribution is 6.00. The number of carbonyl (C=O) groups is 2. The highest BCUT2D eigenvalue weighted by atomic mass is 16.2. The molecule has 0 saturated heterocycles. The summed E-state index contributed by atoms with van der Waals surface area (Å²) < 4.78 is 0. The number of carbonyl (C=O) groups excluding carboxylic acids is 2. The van der Waals surface area contributed by atoms with Gasteiger partial charge in [-0.15, -0.1) is 6.58 Å². The molecule has 2 aromatic carbocycles. The molecule has 2 amide bonds. The summed E-state index contributed by atoms with van der Waals surface area (Å²) in [4.78, 5) is 27.2. The number of amides is 2. The van der Waals surface area contributed by atoms with Gasteiger partial charge in [-0.25, -0.2) is 5.01 Å². The van der Waals surface area contributed by atoms with Crippen LogP contribution in [0.5, 0.6) is 0 Å². The van der Waals surface area contributed by atoms with Gasteiger partial charge in [-0.2, -0.15) is 0 Å². The van der Waals surface area contributed by atoms with Gasteiger partial charge in [0.25, 0.3) is 11.8 Å². The molecular weight excluding hydrogens is 408 g/mol. The van der Waals surface area contributed by atoms with Crippen LogP contribution < -0.4 is 5.43 Å². The number of hydrazine groups is 1. The number of nitrogens with one attached hydrogen (secondary N) is 1. The molecule has 4 heteroatoms. The Bertz CT molecular complexity index is 1010. The maximum atomic E-state index is 13.8. The summed E-state index contributed by atoms with van der Waals surface area (Å²) in [5.41, 5.74) is 9.18. The normalized spacial score (nSPS) is 12.2. The molecular formula is C29H40N2O2. The molecule has 0 fully saturated rings. The number of allylic oxidation sites excluding steroid dienone is 1. The van der Waals surface area contributed by atoms with Gasteiger partial charge < -0.3 is 0 Å². The maximum Gasteiger partial charge on any atom is 0.272 e. The molecule has 0 aliphatic rings. The van der Waals surface area contributed by atoms with E-state index in [9.17, 15) is 9.59 Å². The van der Waals surface area contributed by atoms with Crippen LogP contribution in [0, 0.1) is 33.1 Å². The number of hydrogen-bond donors (Lipinski definition) is 1. The van der Waals surface area contributed by atoms with E-state index in [1.807, 2.05) is 64.1 Å². The highest BCUT2D eigenvalue weighted by Crippen LogP contribution is 2.29. The topological polar surface area (TPSA) is 49.4 Å². The predicted octanol–water partition coefficient (Wildman–Crippen LogP) is 6.65. The van der Waals surface area contributed by atoms with E-state index in [1.165, 1.54) is 0 Å². The molecule has 0 spiro atoms. The Morgan fingerprint density at radius 1 is 1.03 bits per heavy atom. The van der Waals surface area contributed by atoms with Crippen LogP contribution in [0.2, 0.25) is 0 Å². The molecule has 2 rings (SSSR count). The average Bonchev–Trinajstić information content (AvgIpc) is 2.72. The number of benzene rings is 2. The fourth-order valence-electron chi connectivity index (χ4n) is 4.40. The summed E-state index contributed by atoms with van der Waals surface area (Å²) in [6, 6.07) is 9.49. The van der Waals surface area contributed by atoms with E-state index in [0.717, 1.165) is 47.1 Å². The molecule has 0 unspecified atom stereocenters. The predicted molar refractivity (Wildman–Crippen MR) is 138 cm³/mol. The van der Waals surface area contributed by atoms with Crippen LogP contribution in [0.25, 0.3) is 0 Å². The van der Waals surface area contributed by atoms with Gasteiger partial charge in [-0.1, -0.05) is 63.5 Å². The lowest BCUT2D eigenvalue weighted by molar-refractivity contribution is 0.0270. The smallest absolute Gasteiger partial charge is 0.267 e. The summed E-state index contributed by atoms with van der Waals surface area (Å²) >= 11 is 0. The Kier molecular flexibility index (Phi) is 8.65. The largest absolute Gasteiger partial charge is 0.272 e. The zero-order valence-electron chi connectivity index (χ0n) is 21.6. The highest BCUT2D eigenvalue weighted by Gasteiger charge is 2.35. The minimum atomic E-state index is -0.260. The third-order valence-corrected chi connectivity index (χ3v) is 6.29. The van der Waals surface area contributed by atoms with Crippen molar-refractivity contribution >= 4 is 11.8 Å². The van der Waals surface area contributed by atoms with E-state index in [1.54, 1.807) is 5.01 Å². The lowest BCUT2D eigenvalue weighted by Gasteiger charge is -2.40. The first-order valence-corrected chi connectivity index (χ1v) is 11.8. The first kappa shape index (κ1) is 26.4. The molecule has 4 nitrogen and oxygen atoms in total. The summed E-state index contributed by atoms with van der Waals surface area (Å²) in [5.74, 6) is -0.440. The van der Waals surface area contributed by atoms with Crippen LogP contribution in [0.4, 0.5) is 0 Å². The van der Waals surface area contributed by atoms with E-state index < -0.39 is 0 Å². The van der Waals surface area contributed by atoms with Crippen molar-refractivity contribution < 1.29 is 9.59 Å². The van der Waals surface area contributed by atoms with Crippen LogP contribution >= 0.6 is 0 Å². The number of hydrogen-bond acceptors (Lipinski definition) is 2. The molecule has 0 radical (unpaired) electrons. The van der Waals surface area contributed by atoms with Gasteiger partial charge in [0, 0.05) is 11.1 Å². The quantitative estimate of drug-likeness (QED) is 0.381. The minimum absolute atomic E-state index is 0.152. The Balaban J connectivity index is 2.52. The van der Waals surface area contributed by atoms with E-state index in [2.05, 4.69) is 39.7 Å². The lowest BCUT2D eigenvalue weighted by atomic mass is 9.83. The van der Waals surface area contributed by atoms with Crippen molar-refractivity contribution in [2.75, 3.05) is 0 Å². The first-order valence-electron chi connectivity index (χ1n) is 11.8. The fraction of sp³-hybridized carbons (Fsp3) is 0.448. The maximum absolute atomic E-state index is 13.8. The zero-order chi connectivity index (χ0) is 24.9. The minimum Gasteiger partial charge on any atom is -0.267 e. The van der Waals surface area contributed by atoms with Crippen molar-refractivity contribution in [1.29, 1.82) is 0 Å². The molecule has 178 valence electrons. The van der Waals surface area contributed by atoms with Gasteiger partial charge in [0.2, 0.25) is 0 Å². The molecule has 1 atom stereocenters. The Hall–Kier alpha value is -2.88. The second-order valence-electron chi connectivity index (χ2n) is 10.2. The Morgan fingerprint density at radius 3 is 2.15 bits per heavy atom. The monoisotopic (exact) mass is 448 g/mol. The van der Waals surface area contributed by atoms with Crippen molar-refractivity contribution in [2.45, 2.75) is 80.7 Å². The standard InChI is InChI=1S/C29H40N2O2/c1-10-12-23-14-15-25(22(6)21(23)5)27(32)30-31(26(13-11-2)29(7,8)9)28(33)24-17-19(3)16-20(4)18-24/h10,14-18,26H,1,11-13H2,2-9H3,(H,30,32)/t26-/m1/s1. The SMILES string of the molecule is C=CCc1ccc(C(=O)NN(C(=O)c2cc(C)cc(C)c2)[C@H](CCC)C(C)(C)C)c(C)c1C. The van der Waals surface area contributed by atoms with Crippen molar-refractivity contribution in [3.63, 3.8) is 0 Å². The van der Waals surface area contributed by atoms with E-state index in [0.29, 0.717) is 11.1 Å². The van der Waals surface area contributed by atoms with Crippen molar-refractivity contribution in [2.24, 2.45) is 5.41 Å². The molecule has 2 aromatic rings. The van der Waals surface area contributed by atoms with E-state index >= 15 is 0 Å². The molecule has 0 aromatic heterocycles. The third-order valence-electron chi connectivity index (χ3n) is 6.29. The second-order valence-corrected chi connectivity index (χ2v) is 10.2. The Morgan fingerprint density at radius 2 is 1.64 bits per heavy atom. The van der Waals surface area contributed by atoms with Crippen LogP contribution in [0.1, 0.15) is 89.1 Å². The number of rotatable bonds is 7. The first-order chi connectivity index (χ1) is 15.4. The van der Waals surface area contributed by atoms with Crippen molar-refractivity contribution in [3.05, 3.63) is 81.9 Å². The van der Waals surface area contributed by atoms with Crippen LogP contribution in [-0.2, 0) is 6.42 Å². The number of nitrogens with zero attached hydrogens (tertiary/aromatic N) is 1. The lowest BCUT2D eigenvalue weighted by Crippen LogP contribution is -2.56. The molecule has 0 aliphatic heterocycles. The average molecular weight is 449 g/mol. The fourth-order valence-corrected chi connectivity index (χ4v) is 4.40. The van der Waals surface area contributed by atoms with E-state index in [4.69, 9.17) is 0 Å². The molecule has 0 bridgehead atoms. The van der Waals surface area contributed by atoms with Gasteiger partial charge in [-0.3, -0.25) is 15.0 Å². The van der Waals surface area contributed by atoms with E-state index in [-0.39, 0.29) is 23.3 Å². The molecule has 0 saturated carbocycles. The van der Waals surface area contributed by atoms with Crippen molar-refractivity contribution in [3.8, 4) is 0 Å². The summed E-state index contributed by atoms with van der Waals surface area (Å²) in [5, 5.41) is 1.58. The van der Waals surface area contributed by atoms with Gasteiger partial charge in [0.05, 0.1) is 6.04 Å². The van der Waals surface area contributed by atoms with Crippen molar-refractivity contribution in [1.82, 2.24) is 10.4 Å². The summed E-state index contributed by atoms with van der Waals surface area (Å²) in [6.07, 6.45) is 4.32. The van der Waals surface area contributed by atoms with Gasteiger partial charge in [-0.05, 0) is 80.8 Å². The van der Waals surface area contributed by atoms with Gasteiger partial charge >= 0.3 is 0 Å². The van der Waals surface area contributed by atoms with Crippen LogP contribution in [-0.4, -0.2) is 22.9 Å². The Labute approximate surface area is 200 Å². The summed E-state index contributed by atoms with van der Waals surface area (Å²) in [7, 11) is 0. The summed E-state index contributed by atoms with van der Waals surface area (Å²) in [6.45, 7) is 20.2. The molecule has 0 heterocycles. The third kappa shape index (κ3) is 6.34.